The molecule has 0 bridgehead atoms. The van der Waals surface area contributed by atoms with Crippen LogP contribution in [0, 0.1) is 6.92 Å². The van der Waals surface area contributed by atoms with E-state index in [1.807, 2.05) is 0 Å². The average Bonchev–Trinajstić information content (AvgIpc) is 2.37. The summed E-state index contributed by atoms with van der Waals surface area (Å²) in [6.45, 7) is 1.19. The van der Waals surface area contributed by atoms with Gasteiger partial charge in [-0.3, -0.25) is 0 Å². The summed E-state index contributed by atoms with van der Waals surface area (Å²) in [6, 6.07) is 2.96. The van der Waals surface area contributed by atoms with Crippen molar-refractivity contribution in [3.05, 3.63) is 27.7 Å². The Bertz CT molecular complexity index is 618. The fourth-order valence-corrected chi connectivity index (χ4v) is 4.17. The summed E-state index contributed by atoms with van der Waals surface area (Å²) in [4.78, 5) is -0.163. The molecule has 0 fully saturated rings. The number of sulfonamides is 1. The maximum absolute atomic E-state index is 12.5. The highest BCUT2D eigenvalue weighted by Crippen LogP contribution is 2.29. The van der Waals surface area contributed by atoms with Gasteiger partial charge in [0, 0.05) is 17.6 Å². The SMILES string of the molecule is CCN(CC(F)(F)F)S(=O)(=O)c1cc(CN)cc(Br)c1C. The summed E-state index contributed by atoms with van der Waals surface area (Å²) >= 11 is 3.20. The van der Waals surface area contributed by atoms with Gasteiger partial charge in [0.1, 0.15) is 6.54 Å². The van der Waals surface area contributed by atoms with Crippen molar-refractivity contribution in [1.29, 1.82) is 0 Å². The lowest BCUT2D eigenvalue weighted by Gasteiger charge is -2.23. The molecule has 4 nitrogen and oxygen atoms in total. The number of benzene rings is 1. The van der Waals surface area contributed by atoms with Crippen LogP contribution in [0.15, 0.2) is 21.5 Å². The number of rotatable bonds is 5. The molecular weight excluding hydrogens is 373 g/mol. The minimum absolute atomic E-state index is 0.0901. The second kappa shape index (κ2) is 6.64. The van der Waals surface area contributed by atoms with E-state index in [4.69, 9.17) is 5.73 Å². The van der Waals surface area contributed by atoms with E-state index in [9.17, 15) is 21.6 Å². The Morgan fingerprint density at radius 1 is 1.33 bits per heavy atom. The first-order valence-corrected chi connectivity index (χ1v) is 8.32. The molecular formula is C12H16BrF3N2O2S. The van der Waals surface area contributed by atoms with Gasteiger partial charge in [-0.1, -0.05) is 22.9 Å². The van der Waals surface area contributed by atoms with E-state index in [0.29, 0.717) is 19.9 Å². The van der Waals surface area contributed by atoms with Gasteiger partial charge in [-0.15, -0.1) is 0 Å². The van der Waals surface area contributed by atoms with Crippen molar-refractivity contribution in [1.82, 2.24) is 4.31 Å². The van der Waals surface area contributed by atoms with Crippen LogP contribution < -0.4 is 5.73 Å². The maximum Gasteiger partial charge on any atom is 0.402 e. The second-order valence-electron chi connectivity index (χ2n) is 4.45. The number of hydrogen-bond donors (Lipinski definition) is 1. The molecule has 1 aromatic carbocycles. The first kappa shape index (κ1) is 18.4. The Hall–Kier alpha value is -0.640. The highest BCUT2D eigenvalue weighted by atomic mass is 79.9. The zero-order chi connectivity index (χ0) is 16.4. The molecule has 0 aliphatic heterocycles. The fraction of sp³-hybridized carbons (Fsp3) is 0.500. The number of nitrogens with zero attached hydrogens (tertiary/aromatic N) is 1. The van der Waals surface area contributed by atoms with Crippen molar-refractivity contribution in [3.8, 4) is 0 Å². The van der Waals surface area contributed by atoms with Crippen LogP contribution in [0.1, 0.15) is 18.1 Å². The van der Waals surface area contributed by atoms with Crippen molar-refractivity contribution in [2.24, 2.45) is 5.73 Å². The Morgan fingerprint density at radius 2 is 1.90 bits per heavy atom. The molecule has 0 saturated carbocycles. The smallest absolute Gasteiger partial charge is 0.326 e. The van der Waals surface area contributed by atoms with E-state index in [2.05, 4.69) is 15.9 Å². The molecule has 0 aliphatic rings. The third kappa shape index (κ3) is 4.41. The van der Waals surface area contributed by atoms with Gasteiger partial charge in [0.25, 0.3) is 0 Å². The van der Waals surface area contributed by atoms with Crippen molar-refractivity contribution < 1.29 is 21.6 Å². The zero-order valence-electron chi connectivity index (χ0n) is 11.5. The van der Waals surface area contributed by atoms with Crippen LogP contribution in [0.3, 0.4) is 0 Å². The van der Waals surface area contributed by atoms with Crippen LogP contribution in [-0.2, 0) is 16.6 Å². The Kier molecular flexibility index (Phi) is 5.82. The third-order valence-corrected chi connectivity index (χ3v) is 5.79. The molecule has 0 atom stereocenters. The van der Waals surface area contributed by atoms with E-state index in [0.717, 1.165) is 0 Å². The van der Waals surface area contributed by atoms with Gasteiger partial charge in [-0.2, -0.15) is 17.5 Å². The van der Waals surface area contributed by atoms with Crippen molar-refractivity contribution >= 4 is 26.0 Å². The van der Waals surface area contributed by atoms with Crippen LogP contribution in [0.4, 0.5) is 13.2 Å². The zero-order valence-corrected chi connectivity index (χ0v) is 13.9. The first-order chi connectivity index (χ1) is 9.52. The monoisotopic (exact) mass is 388 g/mol. The van der Waals surface area contributed by atoms with E-state index in [-0.39, 0.29) is 18.0 Å². The molecule has 0 saturated heterocycles. The fourth-order valence-electron chi connectivity index (χ4n) is 1.80. The Labute approximate surface area is 130 Å². The predicted molar refractivity (Wildman–Crippen MR) is 77.3 cm³/mol. The molecule has 21 heavy (non-hydrogen) atoms. The predicted octanol–water partition coefficient (Wildman–Crippen LogP) is 2.79. The molecule has 0 spiro atoms. The molecule has 0 radical (unpaired) electrons. The maximum atomic E-state index is 12.5. The van der Waals surface area contributed by atoms with Crippen LogP contribution in [0.2, 0.25) is 0 Å². The molecule has 0 aliphatic carbocycles. The van der Waals surface area contributed by atoms with Gasteiger partial charge >= 0.3 is 6.18 Å². The molecule has 1 rings (SSSR count). The van der Waals surface area contributed by atoms with Crippen molar-refractivity contribution in [2.45, 2.75) is 31.5 Å². The molecule has 0 heterocycles. The minimum Gasteiger partial charge on any atom is -0.326 e. The van der Waals surface area contributed by atoms with Gasteiger partial charge in [0.05, 0.1) is 4.90 Å². The van der Waals surface area contributed by atoms with Gasteiger partial charge in [0.2, 0.25) is 10.0 Å². The Balaban J connectivity index is 3.38. The standard InChI is InChI=1S/C12H16BrF3N2O2S/c1-3-18(7-12(14,15)16)21(19,20)11-5-9(6-17)4-10(13)8(11)2/h4-5H,3,6-7,17H2,1-2H3. The Morgan fingerprint density at radius 3 is 2.33 bits per heavy atom. The summed E-state index contributed by atoms with van der Waals surface area (Å²) in [5.41, 5.74) is 6.36. The van der Waals surface area contributed by atoms with Crippen LogP contribution >= 0.6 is 15.9 Å². The first-order valence-electron chi connectivity index (χ1n) is 6.09. The van der Waals surface area contributed by atoms with E-state index >= 15 is 0 Å². The molecule has 1 aromatic rings. The summed E-state index contributed by atoms with van der Waals surface area (Å²) in [7, 11) is -4.24. The molecule has 0 unspecified atom stereocenters. The van der Waals surface area contributed by atoms with E-state index < -0.39 is 22.7 Å². The number of hydrogen-bond acceptors (Lipinski definition) is 3. The largest absolute Gasteiger partial charge is 0.402 e. The summed E-state index contributed by atoms with van der Waals surface area (Å²) < 4.78 is 63.4. The van der Waals surface area contributed by atoms with Crippen molar-refractivity contribution in [2.75, 3.05) is 13.1 Å². The minimum atomic E-state index is -4.60. The summed E-state index contributed by atoms with van der Waals surface area (Å²) in [6.07, 6.45) is -4.60. The lowest BCUT2D eigenvalue weighted by molar-refractivity contribution is -0.135. The highest BCUT2D eigenvalue weighted by molar-refractivity contribution is 9.10. The molecule has 120 valence electrons. The molecule has 2 N–H and O–H groups in total. The van der Waals surface area contributed by atoms with Gasteiger partial charge in [-0.05, 0) is 30.2 Å². The lowest BCUT2D eigenvalue weighted by Crippen LogP contribution is -2.39. The third-order valence-electron chi connectivity index (χ3n) is 2.92. The highest BCUT2D eigenvalue weighted by Gasteiger charge is 2.37. The number of halogens is 4. The normalized spacial score (nSPS) is 13.0. The molecule has 9 heteroatoms. The quantitative estimate of drug-likeness (QED) is 0.843. The van der Waals surface area contributed by atoms with Crippen LogP contribution in [0.5, 0.6) is 0 Å². The number of nitrogens with two attached hydrogens (primary N) is 1. The summed E-state index contributed by atoms with van der Waals surface area (Å²) in [5.74, 6) is 0. The topological polar surface area (TPSA) is 63.4 Å². The van der Waals surface area contributed by atoms with Gasteiger partial charge in [0.15, 0.2) is 0 Å². The summed E-state index contributed by atoms with van der Waals surface area (Å²) in [5, 5.41) is 0. The number of alkyl halides is 3. The molecule has 0 aromatic heterocycles. The average molecular weight is 389 g/mol. The second-order valence-corrected chi connectivity index (χ2v) is 7.21. The van der Waals surface area contributed by atoms with Crippen molar-refractivity contribution in [3.63, 3.8) is 0 Å². The molecule has 0 amide bonds. The van der Waals surface area contributed by atoms with Gasteiger partial charge in [-0.25, -0.2) is 8.42 Å². The van der Waals surface area contributed by atoms with E-state index in [1.54, 1.807) is 6.07 Å². The van der Waals surface area contributed by atoms with Crippen LogP contribution in [0.25, 0.3) is 0 Å². The van der Waals surface area contributed by atoms with E-state index in [1.165, 1.54) is 19.9 Å². The van der Waals surface area contributed by atoms with Crippen LogP contribution in [-0.4, -0.2) is 32.0 Å². The lowest BCUT2D eigenvalue weighted by atomic mass is 10.1. The van der Waals surface area contributed by atoms with Gasteiger partial charge < -0.3 is 5.73 Å².